The van der Waals surface area contributed by atoms with E-state index in [1.165, 1.54) is 16.2 Å². The zero-order valence-corrected chi connectivity index (χ0v) is 8.91. The summed E-state index contributed by atoms with van der Waals surface area (Å²) in [6, 6.07) is 1.35. The van der Waals surface area contributed by atoms with Gasteiger partial charge in [-0.25, -0.2) is 4.39 Å². The maximum atomic E-state index is 13.1. The number of hydrogen-bond acceptors (Lipinski definition) is 3. The summed E-state index contributed by atoms with van der Waals surface area (Å²) in [5.41, 5.74) is 0.576. The summed E-state index contributed by atoms with van der Waals surface area (Å²) in [5.74, 6) is -0.185. The SMILES string of the molecule is O=C(c1ccsc1)N1C[C@@H](F)C[C@H]1CO. The molecule has 0 bridgehead atoms. The number of aliphatic hydroxyl groups excluding tert-OH is 1. The lowest BCUT2D eigenvalue weighted by atomic mass is 10.2. The number of carbonyl (C=O) groups is 1. The average molecular weight is 229 g/mol. The zero-order chi connectivity index (χ0) is 10.8. The first-order valence-corrected chi connectivity index (χ1v) is 5.74. The van der Waals surface area contributed by atoms with Crippen molar-refractivity contribution in [3.8, 4) is 0 Å². The van der Waals surface area contributed by atoms with Crippen molar-refractivity contribution in [1.82, 2.24) is 4.90 Å². The van der Waals surface area contributed by atoms with E-state index in [1.807, 2.05) is 5.38 Å². The highest BCUT2D eigenvalue weighted by Gasteiger charge is 2.35. The zero-order valence-electron chi connectivity index (χ0n) is 8.10. The number of alkyl halides is 1. The minimum atomic E-state index is -1.01. The van der Waals surface area contributed by atoms with Gasteiger partial charge < -0.3 is 10.0 Å². The third-order valence-corrected chi connectivity index (χ3v) is 3.29. The Hall–Kier alpha value is -0.940. The van der Waals surface area contributed by atoms with Gasteiger partial charge in [0.25, 0.3) is 5.91 Å². The molecule has 1 saturated heterocycles. The Kier molecular flexibility index (Phi) is 3.02. The van der Waals surface area contributed by atoms with Gasteiger partial charge in [-0.15, -0.1) is 0 Å². The van der Waals surface area contributed by atoms with Crippen LogP contribution in [0.1, 0.15) is 16.8 Å². The molecule has 2 atom stereocenters. The minimum Gasteiger partial charge on any atom is -0.394 e. The lowest BCUT2D eigenvalue weighted by Gasteiger charge is -2.21. The Labute approximate surface area is 91.1 Å². The van der Waals surface area contributed by atoms with E-state index in [9.17, 15) is 9.18 Å². The summed E-state index contributed by atoms with van der Waals surface area (Å²) in [4.78, 5) is 13.3. The fourth-order valence-corrected chi connectivity index (χ4v) is 2.46. The molecule has 82 valence electrons. The molecule has 0 spiro atoms. The van der Waals surface area contributed by atoms with Crippen LogP contribution in [0.2, 0.25) is 0 Å². The number of aliphatic hydroxyl groups is 1. The molecule has 1 fully saturated rings. The van der Waals surface area contributed by atoms with Crippen LogP contribution < -0.4 is 0 Å². The van der Waals surface area contributed by atoms with Gasteiger partial charge in [0, 0.05) is 11.8 Å². The monoisotopic (exact) mass is 229 g/mol. The van der Waals surface area contributed by atoms with Gasteiger partial charge in [-0.05, 0) is 11.4 Å². The maximum Gasteiger partial charge on any atom is 0.255 e. The van der Waals surface area contributed by atoms with Crippen LogP contribution in [-0.2, 0) is 0 Å². The van der Waals surface area contributed by atoms with E-state index in [2.05, 4.69) is 0 Å². The first-order chi connectivity index (χ1) is 7.22. The van der Waals surface area contributed by atoms with Crippen molar-refractivity contribution in [3.05, 3.63) is 22.4 Å². The average Bonchev–Trinajstić information content (AvgIpc) is 2.84. The first-order valence-electron chi connectivity index (χ1n) is 4.80. The van der Waals surface area contributed by atoms with E-state index in [0.717, 1.165) is 0 Å². The number of nitrogens with zero attached hydrogens (tertiary/aromatic N) is 1. The van der Waals surface area contributed by atoms with E-state index >= 15 is 0 Å². The molecule has 1 N–H and O–H groups in total. The van der Waals surface area contributed by atoms with Gasteiger partial charge >= 0.3 is 0 Å². The van der Waals surface area contributed by atoms with E-state index in [4.69, 9.17) is 5.11 Å². The van der Waals surface area contributed by atoms with Crippen molar-refractivity contribution < 1.29 is 14.3 Å². The van der Waals surface area contributed by atoms with E-state index in [1.54, 1.807) is 11.4 Å². The largest absolute Gasteiger partial charge is 0.394 e. The molecule has 1 aliphatic heterocycles. The molecule has 2 rings (SSSR count). The molecule has 0 aliphatic carbocycles. The molecule has 1 aromatic rings. The summed E-state index contributed by atoms with van der Waals surface area (Å²) in [7, 11) is 0. The summed E-state index contributed by atoms with van der Waals surface area (Å²) < 4.78 is 13.1. The van der Waals surface area contributed by atoms with Gasteiger partial charge in [-0.2, -0.15) is 11.3 Å². The van der Waals surface area contributed by atoms with Crippen molar-refractivity contribution >= 4 is 17.2 Å². The lowest BCUT2D eigenvalue weighted by molar-refractivity contribution is 0.0673. The van der Waals surface area contributed by atoms with Crippen LogP contribution in [0, 0.1) is 0 Å². The molecule has 1 aromatic heterocycles. The van der Waals surface area contributed by atoms with Gasteiger partial charge in [-0.3, -0.25) is 4.79 Å². The highest BCUT2D eigenvalue weighted by molar-refractivity contribution is 7.08. The van der Waals surface area contributed by atoms with Crippen molar-refractivity contribution in [2.45, 2.75) is 18.6 Å². The molecular formula is C10H12FNO2S. The second kappa shape index (κ2) is 4.28. The standard InChI is InChI=1S/C10H12FNO2S/c11-8-3-9(5-13)12(4-8)10(14)7-1-2-15-6-7/h1-2,6,8-9,13H,3-5H2/t8-,9-/m0/s1. The van der Waals surface area contributed by atoms with Gasteiger partial charge in [0.1, 0.15) is 6.17 Å². The van der Waals surface area contributed by atoms with Crippen LogP contribution in [0.4, 0.5) is 4.39 Å². The fraction of sp³-hybridized carbons (Fsp3) is 0.500. The Morgan fingerprint density at radius 3 is 3.13 bits per heavy atom. The van der Waals surface area contributed by atoms with E-state index in [-0.39, 0.29) is 31.5 Å². The topological polar surface area (TPSA) is 40.5 Å². The quantitative estimate of drug-likeness (QED) is 0.830. The molecule has 1 amide bonds. The van der Waals surface area contributed by atoms with Crippen LogP contribution in [0.3, 0.4) is 0 Å². The number of carbonyl (C=O) groups excluding carboxylic acids is 1. The first kappa shape index (κ1) is 10.6. The van der Waals surface area contributed by atoms with Crippen molar-refractivity contribution in [1.29, 1.82) is 0 Å². The number of thiophene rings is 1. The van der Waals surface area contributed by atoms with Crippen LogP contribution in [0.5, 0.6) is 0 Å². The van der Waals surface area contributed by atoms with Gasteiger partial charge in [0.2, 0.25) is 0 Å². The van der Waals surface area contributed by atoms with Crippen LogP contribution in [0.15, 0.2) is 16.8 Å². The molecule has 15 heavy (non-hydrogen) atoms. The summed E-state index contributed by atoms with van der Waals surface area (Å²) in [5, 5.41) is 12.6. The number of hydrogen-bond donors (Lipinski definition) is 1. The van der Waals surface area contributed by atoms with Crippen molar-refractivity contribution in [3.63, 3.8) is 0 Å². The molecule has 1 aliphatic rings. The number of rotatable bonds is 2. The van der Waals surface area contributed by atoms with E-state index in [0.29, 0.717) is 5.56 Å². The molecule has 0 saturated carbocycles. The second-order valence-corrected chi connectivity index (χ2v) is 4.42. The third-order valence-electron chi connectivity index (χ3n) is 2.60. The fourth-order valence-electron chi connectivity index (χ4n) is 1.83. The minimum absolute atomic E-state index is 0.0971. The van der Waals surface area contributed by atoms with Gasteiger partial charge in [0.05, 0.1) is 24.8 Å². The van der Waals surface area contributed by atoms with Crippen molar-refractivity contribution in [2.24, 2.45) is 0 Å². The summed E-state index contributed by atoms with van der Waals surface area (Å²) in [6.45, 7) is -0.0732. The Bertz CT molecular complexity index is 341. The molecule has 3 nitrogen and oxygen atoms in total. The molecule has 0 radical (unpaired) electrons. The summed E-state index contributed by atoms with van der Waals surface area (Å²) >= 11 is 1.43. The highest BCUT2D eigenvalue weighted by atomic mass is 32.1. The van der Waals surface area contributed by atoms with Crippen LogP contribution in [-0.4, -0.2) is 41.3 Å². The second-order valence-electron chi connectivity index (χ2n) is 3.64. The van der Waals surface area contributed by atoms with E-state index < -0.39 is 6.17 Å². The predicted molar refractivity (Wildman–Crippen MR) is 55.7 cm³/mol. The molecule has 2 heterocycles. The molecule has 0 unspecified atom stereocenters. The molecular weight excluding hydrogens is 217 g/mol. The smallest absolute Gasteiger partial charge is 0.255 e. The highest BCUT2D eigenvalue weighted by Crippen LogP contribution is 2.22. The normalized spacial score (nSPS) is 25.9. The Balaban J connectivity index is 2.13. The van der Waals surface area contributed by atoms with Crippen LogP contribution in [0.25, 0.3) is 0 Å². The van der Waals surface area contributed by atoms with Gasteiger partial charge in [0.15, 0.2) is 0 Å². The predicted octanol–water partition coefficient (Wildman–Crippen LogP) is 1.29. The Morgan fingerprint density at radius 2 is 2.53 bits per heavy atom. The third kappa shape index (κ3) is 2.03. The summed E-state index contributed by atoms with van der Waals surface area (Å²) in [6.07, 6.45) is -0.767. The van der Waals surface area contributed by atoms with Crippen LogP contribution >= 0.6 is 11.3 Å². The van der Waals surface area contributed by atoms with Gasteiger partial charge in [-0.1, -0.05) is 0 Å². The number of halogens is 1. The maximum absolute atomic E-state index is 13.1. The molecule has 5 heteroatoms. The number of likely N-dealkylation sites (tertiary alicyclic amines) is 1. The molecule has 0 aromatic carbocycles. The van der Waals surface area contributed by atoms with Crippen molar-refractivity contribution in [2.75, 3.05) is 13.2 Å². The lowest BCUT2D eigenvalue weighted by Crippen LogP contribution is -2.37. The Morgan fingerprint density at radius 1 is 1.73 bits per heavy atom. The number of amides is 1.